The molecule has 1 aliphatic carbocycles. The molecule has 1 fully saturated rings. The Hall–Kier alpha value is -0.800. The fraction of sp³-hybridized carbons (Fsp3) is 0.714. The van der Waals surface area contributed by atoms with Crippen LogP contribution in [0.15, 0.2) is 22.8 Å². The lowest BCUT2D eigenvalue weighted by Crippen LogP contribution is -2.29. The van der Waals surface area contributed by atoms with Gasteiger partial charge < -0.3 is 14.9 Å². The summed E-state index contributed by atoms with van der Waals surface area (Å²) in [5.74, 6) is 2.34. The van der Waals surface area contributed by atoms with Crippen LogP contribution >= 0.6 is 0 Å². The van der Waals surface area contributed by atoms with E-state index in [4.69, 9.17) is 14.9 Å². The first-order valence-electron chi connectivity index (χ1n) is 6.58. The molecule has 0 aliphatic heterocycles. The highest BCUT2D eigenvalue weighted by Crippen LogP contribution is 2.33. The molecule has 1 aliphatic rings. The van der Waals surface area contributed by atoms with Crippen molar-refractivity contribution in [3.05, 3.63) is 24.2 Å². The summed E-state index contributed by atoms with van der Waals surface area (Å²) >= 11 is 0. The van der Waals surface area contributed by atoms with Crippen molar-refractivity contribution in [3.63, 3.8) is 0 Å². The summed E-state index contributed by atoms with van der Waals surface area (Å²) in [5.41, 5.74) is 5.77. The fourth-order valence-electron chi connectivity index (χ4n) is 2.93. The molecule has 3 nitrogen and oxygen atoms in total. The second-order valence-corrected chi connectivity index (χ2v) is 5.42. The Morgan fingerprint density at radius 1 is 1.35 bits per heavy atom. The number of hydrogen-bond donors (Lipinski definition) is 1. The highest BCUT2D eigenvalue weighted by molar-refractivity contribution is 5.03. The summed E-state index contributed by atoms with van der Waals surface area (Å²) in [6.45, 7) is 5.08. The van der Waals surface area contributed by atoms with E-state index in [-0.39, 0.29) is 6.10 Å². The molecule has 1 saturated carbocycles. The lowest BCUT2D eigenvalue weighted by molar-refractivity contribution is -0.0544. The maximum atomic E-state index is 6.11. The molecule has 3 atom stereocenters. The number of nitrogens with two attached hydrogens (primary N) is 1. The number of furan rings is 1. The molecule has 96 valence electrons. The lowest BCUT2D eigenvalue weighted by atomic mass is 9.81. The van der Waals surface area contributed by atoms with Crippen LogP contribution in [-0.2, 0) is 4.74 Å². The van der Waals surface area contributed by atoms with Gasteiger partial charge in [-0.3, -0.25) is 0 Å². The van der Waals surface area contributed by atoms with Crippen LogP contribution in [0.4, 0.5) is 0 Å². The standard InChI is InChI=1S/C14H23NO2/c1-10-6-11(2)8-12(7-10)17-14(9-15)13-4-3-5-16-13/h3-5,10-12,14H,6-9,15H2,1-2H3. The molecule has 0 saturated heterocycles. The van der Waals surface area contributed by atoms with Crippen LogP contribution < -0.4 is 5.73 Å². The summed E-state index contributed by atoms with van der Waals surface area (Å²) in [5, 5.41) is 0. The third-order valence-corrected chi connectivity index (χ3v) is 3.57. The van der Waals surface area contributed by atoms with Gasteiger partial charge in [-0.05, 0) is 43.2 Å². The van der Waals surface area contributed by atoms with Crippen molar-refractivity contribution in [1.29, 1.82) is 0 Å². The van der Waals surface area contributed by atoms with Crippen molar-refractivity contribution in [2.75, 3.05) is 6.54 Å². The third-order valence-electron chi connectivity index (χ3n) is 3.57. The maximum Gasteiger partial charge on any atom is 0.133 e. The highest BCUT2D eigenvalue weighted by atomic mass is 16.5. The van der Waals surface area contributed by atoms with E-state index in [1.54, 1.807) is 6.26 Å². The van der Waals surface area contributed by atoms with Crippen molar-refractivity contribution in [2.45, 2.75) is 45.3 Å². The van der Waals surface area contributed by atoms with Crippen molar-refractivity contribution in [1.82, 2.24) is 0 Å². The lowest BCUT2D eigenvalue weighted by Gasteiger charge is -2.33. The zero-order valence-electron chi connectivity index (χ0n) is 10.8. The summed E-state index contributed by atoms with van der Waals surface area (Å²) < 4.78 is 11.5. The van der Waals surface area contributed by atoms with Crippen LogP contribution in [0.1, 0.15) is 45.0 Å². The van der Waals surface area contributed by atoms with E-state index in [1.165, 1.54) is 6.42 Å². The molecule has 0 amide bonds. The zero-order valence-corrected chi connectivity index (χ0v) is 10.8. The Balaban J connectivity index is 1.94. The minimum absolute atomic E-state index is 0.0903. The summed E-state index contributed by atoms with van der Waals surface area (Å²) in [6.07, 6.45) is 5.50. The van der Waals surface area contributed by atoms with Crippen LogP contribution in [0.2, 0.25) is 0 Å². The smallest absolute Gasteiger partial charge is 0.133 e. The molecule has 1 aromatic rings. The number of rotatable bonds is 4. The average molecular weight is 237 g/mol. The molecule has 0 spiro atoms. The Labute approximate surface area is 103 Å². The van der Waals surface area contributed by atoms with Gasteiger partial charge in [0, 0.05) is 6.54 Å². The van der Waals surface area contributed by atoms with Gasteiger partial charge in [0.15, 0.2) is 0 Å². The van der Waals surface area contributed by atoms with Gasteiger partial charge in [0.1, 0.15) is 11.9 Å². The first-order valence-corrected chi connectivity index (χ1v) is 6.58. The average Bonchev–Trinajstić information content (AvgIpc) is 2.77. The second kappa shape index (κ2) is 5.69. The van der Waals surface area contributed by atoms with E-state index in [0.29, 0.717) is 12.6 Å². The second-order valence-electron chi connectivity index (χ2n) is 5.42. The molecule has 2 rings (SSSR count). The quantitative estimate of drug-likeness (QED) is 0.875. The molecule has 1 heterocycles. The number of ether oxygens (including phenoxy) is 1. The molecule has 1 aromatic heterocycles. The van der Waals surface area contributed by atoms with Crippen LogP contribution in [0.25, 0.3) is 0 Å². The topological polar surface area (TPSA) is 48.4 Å². The van der Waals surface area contributed by atoms with E-state index in [9.17, 15) is 0 Å². The zero-order chi connectivity index (χ0) is 12.3. The van der Waals surface area contributed by atoms with Gasteiger partial charge in [0.2, 0.25) is 0 Å². The molecule has 2 N–H and O–H groups in total. The van der Waals surface area contributed by atoms with Crippen molar-refractivity contribution >= 4 is 0 Å². The van der Waals surface area contributed by atoms with Gasteiger partial charge in [-0.25, -0.2) is 0 Å². The predicted octanol–water partition coefficient (Wildman–Crippen LogP) is 3.12. The van der Waals surface area contributed by atoms with E-state index >= 15 is 0 Å². The molecule has 0 aromatic carbocycles. The summed E-state index contributed by atoms with van der Waals surface area (Å²) in [6, 6.07) is 3.82. The molecule has 0 radical (unpaired) electrons. The molecule has 17 heavy (non-hydrogen) atoms. The van der Waals surface area contributed by atoms with Crippen LogP contribution in [0.5, 0.6) is 0 Å². The largest absolute Gasteiger partial charge is 0.467 e. The van der Waals surface area contributed by atoms with Crippen molar-refractivity contribution in [3.8, 4) is 0 Å². The third kappa shape index (κ3) is 3.33. The van der Waals surface area contributed by atoms with Crippen molar-refractivity contribution in [2.24, 2.45) is 17.6 Å². The summed E-state index contributed by atoms with van der Waals surface area (Å²) in [4.78, 5) is 0. The molecular formula is C14H23NO2. The van der Waals surface area contributed by atoms with Gasteiger partial charge in [-0.15, -0.1) is 0 Å². The first-order chi connectivity index (χ1) is 8.19. The van der Waals surface area contributed by atoms with Gasteiger partial charge in [0.05, 0.1) is 12.4 Å². The Morgan fingerprint density at radius 2 is 2.06 bits per heavy atom. The Kier molecular flexibility index (Phi) is 4.24. The van der Waals surface area contributed by atoms with E-state index in [0.717, 1.165) is 30.4 Å². The number of hydrogen-bond acceptors (Lipinski definition) is 3. The van der Waals surface area contributed by atoms with Gasteiger partial charge in [-0.2, -0.15) is 0 Å². The van der Waals surface area contributed by atoms with Crippen LogP contribution in [0, 0.1) is 11.8 Å². The first kappa shape index (κ1) is 12.7. The molecule has 0 bridgehead atoms. The minimum atomic E-state index is -0.0903. The minimum Gasteiger partial charge on any atom is -0.467 e. The van der Waals surface area contributed by atoms with E-state index in [1.807, 2.05) is 12.1 Å². The van der Waals surface area contributed by atoms with Crippen LogP contribution in [-0.4, -0.2) is 12.6 Å². The van der Waals surface area contributed by atoms with Gasteiger partial charge in [-0.1, -0.05) is 13.8 Å². The fourth-order valence-corrected chi connectivity index (χ4v) is 2.93. The Bertz CT molecular complexity index is 313. The van der Waals surface area contributed by atoms with E-state index in [2.05, 4.69) is 13.8 Å². The van der Waals surface area contributed by atoms with Crippen LogP contribution in [0.3, 0.4) is 0 Å². The Morgan fingerprint density at radius 3 is 2.59 bits per heavy atom. The van der Waals surface area contributed by atoms with Gasteiger partial charge >= 0.3 is 0 Å². The summed E-state index contributed by atoms with van der Waals surface area (Å²) in [7, 11) is 0. The van der Waals surface area contributed by atoms with Gasteiger partial charge in [0.25, 0.3) is 0 Å². The predicted molar refractivity (Wildman–Crippen MR) is 67.6 cm³/mol. The normalized spacial score (nSPS) is 31.4. The molecule has 3 heteroatoms. The molecular weight excluding hydrogens is 214 g/mol. The maximum absolute atomic E-state index is 6.11. The van der Waals surface area contributed by atoms with E-state index < -0.39 is 0 Å². The monoisotopic (exact) mass is 237 g/mol. The highest BCUT2D eigenvalue weighted by Gasteiger charge is 2.27. The van der Waals surface area contributed by atoms with Crippen molar-refractivity contribution < 1.29 is 9.15 Å². The SMILES string of the molecule is CC1CC(C)CC(OC(CN)c2ccco2)C1. The molecule has 3 unspecified atom stereocenters.